The van der Waals surface area contributed by atoms with Gasteiger partial charge in [0.2, 0.25) is 0 Å². The van der Waals surface area contributed by atoms with Crippen molar-refractivity contribution in [3.05, 3.63) is 29.8 Å². The summed E-state index contributed by atoms with van der Waals surface area (Å²) in [6.07, 6.45) is 5.27. The normalized spacial score (nSPS) is 15.3. The molecule has 1 N–H and O–H groups in total. The van der Waals surface area contributed by atoms with Crippen molar-refractivity contribution in [1.29, 1.82) is 0 Å². The van der Waals surface area contributed by atoms with Crippen LogP contribution >= 0.6 is 0 Å². The lowest BCUT2D eigenvalue weighted by atomic mass is 9.92. The van der Waals surface area contributed by atoms with Crippen LogP contribution in [-0.4, -0.2) is 37.7 Å². The average Bonchev–Trinajstić information content (AvgIpc) is 2.37. The zero-order chi connectivity index (χ0) is 14.2. The van der Waals surface area contributed by atoms with Crippen LogP contribution in [0.3, 0.4) is 0 Å². The van der Waals surface area contributed by atoms with Crippen molar-refractivity contribution in [2.75, 3.05) is 26.7 Å². The summed E-state index contributed by atoms with van der Waals surface area (Å²) in [5.74, 6) is 0.989. The number of hydrogen-bond donors (Lipinski definition) is 1. The summed E-state index contributed by atoms with van der Waals surface area (Å²) in [5, 5.41) is 3.42. The topological polar surface area (TPSA) is 24.5 Å². The molecule has 1 fully saturated rings. The third-order valence-electron chi connectivity index (χ3n) is 4.07. The van der Waals surface area contributed by atoms with Gasteiger partial charge in [-0.25, -0.2) is 0 Å². The fourth-order valence-electron chi connectivity index (χ4n) is 2.47. The van der Waals surface area contributed by atoms with Crippen molar-refractivity contribution < 1.29 is 4.74 Å². The highest BCUT2D eigenvalue weighted by molar-refractivity contribution is 5.28. The largest absolute Gasteiger partial charge is 0.492 e. The van der Waals surface area contributed by atoms with Gasteiger partial charge in [-0.3, -0.25) is 0 Å². The van der Waals surface area contributed by atoms with Gasteiger partial charge in [0.1, 0.15) is 12.4 Å². The second kappa shape index (κ2) is 8.28. The van der Waals surface area contributed by atoms with Crippen LogP contribution in [0, 0.1) is 0 Å². The highest BCUT2D eigenvalue weighted by atomic mass is 16.5. The van der Waals surface area contributed by atoms with Crippen LogP contribution in [0.4, 0.5) is 0 Å². The Labute approximate surface area is 123 Å². The van der Waals surface area contributed by atoms with Crippen LogP contribution in [0.2, 0.25) is 0 Å². The number of nitrogens with one attached hydrogen (secondary N) is 1. The Morgan fingerprint density at radius 2 is 2.20 bits per heavy atom. The Bertz CT molecular complexity index is 390. The van der Waals surface area contributed by atoms with Gasteiger partial charge >= 0.3 is 0 Å². The van der Waals surface area contributed by atoms with Crippen LogP contribution in [0.5, 0.6) is 5.75 Å². The van der Waals surface area contributed by atoms with E-state index in [1.165, 1.54) is 31.2 Å². The first kappa shape index (κ1) is 15.3. The molecule has 0 saturated heterocycles. The molecule has 1 aromatic rings. The van der Waals surface area contributed by atoms with E-state index in [4.69, 9.17) is 4.74 Å². The van der Waals surface area contributed by atoms with E-state index in [0.717, 1.165) is 38.0 Å². The molecule has 0 bridgehead atoms. The predicted molar refractivity (Wildman–Crippen MR) is 84.2 cm³/mol. The van der Waals surface area contributed by atoms with E-state index in [2.05, 4.69) is 42.4 Å². The van der Waals surface area contributed by atoms with Crippen LogP contribution in [-0.2, 0) is 6.54 Å². The zero-order valence-electron chi connectivity index (χ0n) is 12.9. The molecule has 0 unspecified atom stereocenters. The number of hydrogen-bond acceptors (Lipinski definition) is 3. The maximum Gasteiger partial charge on any atom is 0.119 e. The molecule has 20 heavy (non-hydrogen) atoms. The molecule has 0 spiro atoms. The van der Waals surface area contributed by atoms with Gasteiger partial charge in [0.25, 0.3) is 0 Å². The minimum Gasteiger partial charge on any atom is -0.492 e. The minimum atomic E-state index is 0.777. The molecule has 1 aliphatic carbocycles. The molecule has 3 heteroatoms. The van der Waals surface area contributed by atoms with Gasteiger partial charge in [0.05, 0.1) is 0 Å². The summed E-state index contributed by atoms with van der Waals surface area (Å²) < 4.78 is 5.87. The molecule has 0 heterocycles. The molecular formula is C17H28N2O. The van der Waals surface area contributed by atoms with Crippen LogP contribution < -0.4 is 10.1 Å². The van der Waals surface area contributed by atoms with Crippen LogP contribution in [0.25, 0.3) is 0 Å². The van der Waals surface area contributed by atoms with Gasteiger partial charge in [-0.05, 0) is 50.6 Å². The molecule has 3 nitrogen and oxygen atoms in total. The van der Waals surface area contributed by atoms with Gasteiger partial charge in [-0.15, -0.1) is 0 Å². The van der Waals surface area contributed by atoms with Gasteiger partial charge in [-0.1, -0.05) is 25.5 Å². The first-order valence-corrected chi connectivity index (χ1v) is 7.92. The smallest absolute Gasteiger partial charge is 0.119 e. The maximum atomic E-state index is 5.87. The number of likely N-dealkylation sites (N-methyl/N-ethyl adjacent to an activating group) is 1. The average molecular weight is 276 g/mol. The van der Waals surface area contributed by atoms with Gasteiger partial charge in [0.15, 0.2) is 0 Å². The van der Waals surface area contributed by atoms with E-state index < -0.39 is 0 Å². The summed E-state index contributed by atoms with van der Waals surface area (Å²) in [5.41, 5.74) is 1.29. The highest BCUT2D eigenvalue weighted by Crippen LogP contribution is 2.23. The standard InChI is InChI=1S/C17H28N2O/c1-3-10-18-14-15-6-4-9-17(13-15)20-12-11-19(2)16-7-5-8-16/h4,6,9,13,16,18H,3,5,7-8,10-12,14H2,1-2H3. The van der Waals surface area contributed by atoms with E-state index >= 15 is 0 Å². The fourth-order valence-corrected chi connectivity index (χ4v) is 2.47. The lowest BCUT2D eigenvalue weighted by Gasteiger charge is -2.34. The molecular weight excluding hydrogens is 248 g/mol. The van der Waals surface area contributed by atoms with Crippen molar-refractivity contribution in [2.45, 2.75) is 45.2 Å². The Balaban J connectivity index is 1.70. The molecule has 0 aliphatic heterocycles. The van der Waals surface area contributed by atoms with E-state index in [9.17, 15) is 0 Å². The second-order valence-electron chi connectivity index (χ2n) is 5.74. The summed E-state index contributed by atoms with van der Waals surface area (Å²) >= 11 is 0. The molecule has 1 saturated carbocycles. The number of benzene rings is 1. The molecule has 0 amide bonds. The Hall–Kier alpha value is -1.06. The quantitative estimate of drug-likeness (QED) is 0.702. The van der Waals surface area contributed by atoms with Crippen molar-refractivity contribution in [3.8, 4) is 5.75 Å². The Morgan fingerprint density at radius 3 is 2.90 bits per heavy atom. The fraction of sp³-hybridized carbons (Fsp3) is 0.647. The van der Waals surface area contributed by atoms with Crippen LogP contribution in [0.1, 0.15) is 38.2 Å². The lowest BCUT2D eigenvalue weighted by molar-refractivity contribution is 0.135. The molecule has 0 radical (unpaired) electrons. The van der Waals surface area contributed by atoms with Gasteiger partial charge in [0, 0.05) is 19.1 Å². The van der Waals surface area contributed by atoms with E-state index in [0.29, 0.717) is 0 Å². The Morgan fingerprint density at radius 1 is 1.35 bits per heavy atom. The second-order valence-corrected chi connectivity index (χ2v) is 5.74. The van der Waals surface area contributed by atoms with E-state index in [1.54, 1.807) is 0 Å². The molecule has 0 atom stereocenters. The lowest BCUT2D eigenvalue weighted by Crippen LogP contribution is -2.39. The molecule has 1 aromatic carbocycles. The number of rotatable bonds is 9. The number of ether oxygens (including phenoxy) is 1. The summed E-state index contributed by atoms with van der Waals surface area (Å²) in [6.45, 7) is 5.97. The van der Waals surface area contributed by atoms with Gasteiger partial charge in [-0.2, -0.15) is 0 Å². The minimum absolute atomic E-state index is 0.777. The first-order chi connectivity index (χ1) is 9.79. The summed E-state index contributed by atoms with van der Waals surface area (Å²) in [4.78, 5) is 2.43. The highest BCUT2D eigenvalue weighted by Gasteiger charge is 2.21. The third kappa shape index (κ3) is 4.80. The van der Waals surface area contributed by atoms with E-state index in [-0.39, 0.29) is 0 Å². The SMILES string of the molecule is CCCNCc1cccc(OCCN(C)C2CCC2)c1. The third-order valence-corrected chi connectivity index (χ3v) is 4.07. The van der Waals surface area contributed by atoms with Crippen molar-refractivity contribution in [1.82, 2.24) is 10.2 Å². The van der Waals surface area contributed by atoms with Crippen molar-refractivity contribution in [3.63, 3.8) is 0 Å². The van der Waals surface area contributed by atoms with E-state index in [1.807, 2.05) is 6.07 Å². The first-order valence-electron chi connectivity index (χ1n) is 7.92. The molecule has 112 valence electrons. The Kier molecular flexibility index (Phi) is 6.34. The summed E-state index contributed by atoms with van der Waals surface area (Å²) in [6, 6.07) is 9.21. The monoisotopic (exact) mass is 276 g/mol. The molecule has 0 aromatic heterocycles. The number of nitrogens with zero attached hydrogens (tertiary/aromatic N) is 1. The molecule has 1 aliphatic rings. The van der Waals surface area contributed by atoms with Crippen LogP contribution in [0.15, 0.2) is 24.3 Å². The maximum absolute atomic E-state index is 5.87. The van der Waals surface area contributed by atoms with Crippen molar-refractivity contribution >= 4 is 0 Å². The zero-order valence-corrected chi connectivity index (χ0v) is 12.9. The predicted octanol–water partition coefficient (Wildman–Crippen LogP) is 3.05. The van der Waals surface area contributed by atoms with Crippen molar-refractivity contribution in [2.24, 2.45) is 0 Å². The molecule has 2 rings (SSSR count). The van der Waals surface area contributed by atoms with Gasteiger partial charge < -0.3 is 15.0 Å². The summed E-state index contributed by atoms with van der Waals surface area (Å²) in [7, 11) is 2.21.